The highest BCUT2D eigenvalue weighted by atomic mass is 16.5. The lowest BCUT2D eigenvalue weighted by atomic mass is 10.0. The van der Waals surface area contributed by atoms with E-state index in [1.165, 1.54) is 5.56 Å². The van der Waals surface area contributed by atoms with Crippen molar-refractivity contribution < 1.29 is 9.53 Å². The Bertz CT molecular complexity index is 816. The molecular weight excluding hydrogens is 310 g/mol. The molecule has 1 atom stereocenters. The molecule has 1 unspecified atom stereocenters. The zero-order valence-electron chi connectivity index (χ0n) is 14.2. The van der Waals surface area contributed by atoms with Crippen LogP contribution in [0.15, 0.2) is 84.9 Å². The van der Waals surface area contributed by atoms with Gasteiger partial charge in [0.15, 0.2) is 6.10 Å². The molecule has 25 heavy (non-hydrogen) atoms. The summed E-state index contributed by atoms with van der Waals surface area (Å²) < 4.78 is 5.69. The lowest BCUT2D eigenvalue weighted by Crippen LogP contribution is -2.30. The van der Waals surface area contributed by atoms with Gasteiger partial charge in [-0.25, -0.2) is 0 Å². The highest BCUT2D eigenvalue weighted by molar-refractivity contribution is 5.94. The van der Waals surface area contributed by atoms with Gasteiger partial charge in [0.2, 0.25) is 0 Å². The van der Waals surface area contributed by atoms with Gasteiger partial charge in [0.1, 0.15) is 5.75 Å². The van der Waals surface area contributed by atoms with E-state index in [1.807, 2.05) is 72.8 Å². The molecule has 0 saturated heterocycles. The first-order valence-corrected chi connectivity index (χ1v) is 8.37. The molecule has 0 saturated carbocycles. The number of ether oxygens (including phenoxy) is 1. The van der Waals surface area contributed by atoms with Crippen molar-refractivity contribution in [1.29, 1.82) is 0 Å². The molecule has 3 nitrogen and oxygen atoms in total. The van der Waals surface area contributed by atoms with Crippen molar-refractivity contribution in [2.24, 2.45) is 0 Å². The summed E-state index contributed by atoms with van der Waals surface area (Å²) in [6, 6.07) is 27.4. The van der Waals surface area contributed by atoms with E-state index in [-0.39, 0.29) is 5.91 Å². The lowest BCUT2D eigenvalue weighted by Gasteiger charge is -2.16. The number of carbonyl (C=O) groups is 1. The average molecular weight is 331 g/mol. The van der Waals surface area contributed by atoms with Gasteiger partial charge >= 0.3 is 0 Å². The Morgan fingerprint density at radius 3 is 2.20 bits per heavy atom. The highest BCUT2D eigenvalue weighted by Gasteiger charge is 2.16. The number of rotatable bonds is 6. The number of benzene rings is 3. The van der Waals surface area contributed by atoms with Gasteiger partial charge in [-0.1, -0.05) is 66.7 Å². The number of amides is 1. The number of hydrogen-bond donors (Lipinski definition) is 1. The topological polar surface area (TPSA) is 38.3 Å². The second-order valence-electron chi connectivity index (χ2n) is 5.88. The summed E-state index contributed by atoms with van der Waals surface area (Å²) in [7, 11) is 0. The van der Waals surface area contributed by atoms with Crippen LogP contribution in [0.3, 0.4) is 0 Å². The fraction of sp³-hybridized carbons (Fsp3) is 0.136. The van der Waals surface area contributed by atoms with E-state index in [9.17, 15) is 4.79 Å². The number of nitrogens with one attached hydrogen (secondary N) is 1. The molecule has 126 valence electrons. The van der Waals surface area contributed by atoms with Gasteiger partial charge in [0, 0.05) is 5.69 Å². The number of anilines is 1. The Balaban J connectivity index is 1.69. The van der Waals surface area contributed by atoms with Crippen molar-refractivity contribution in [2.45, 2.75) is 19.4 Å². The third-order valence-corrected chi connectivity index (χ3v) is 3.94. The standard InChI is InChI=1S/C22H21NO2/c1-17(25-20-13-6-3-7-14-20)22(24)23-21-15-9-8-12-19(21)16-18-10-4-2-5-11-18/h2-15,17H,16H2,1H3,(H,23,24). The fourth-order valence-corrected chi connectivity index (χ4v) is 2.60. The smallest absolute Gasteiger partial charge is 0.265 e. The van der Waals surface area contributed by atoms with Crippen LogP contribution in [0.25, 0.3) is 0 Å². The van der Waals surface area contributed by atoms with E-state index in [0.29, 0.717) is 5.75 Å². The van der Waals surface area contributed by atoms with E-state index in [0.717, 1.165) is 17.7 Å². The summed E-state index contributed by atoms with van der Waals surface area (Å²) >= 11 is 0. The number of carbonyl (C=O) groups excluding carboxylic acids is 1. The van der Waals surface area contributed by atoms with Gasteiger partial charge in [-0.15, -0.1) is 0 Å². The highest BCUT2D eigenvalue weighted by Crippen LogP contribution is 2.20. The first kappa shape index (κ1) is 16.8. The minimum absolute atomic E-state index is 0.163. The van der Waals surface area contributed by atoms with E-state index in [2.05, 4.69) is 17.4 Å². The van der Waals surface area contributed by atoms with Gasteiger partial charge in [0.25, 0.3) is 5.91 Å². The van der Waals surface area contributed by atoms with E-state index < -0.39 is 6.10 Å². The molecule has 0 aliphatic rings. The Hall–Kier alpha value is -3.07. The van der Waals surface area contributed by atoms with Crippen LogP contribution >= 0.6 is 0 Å². The molecular formula is C22H21NO2. The molecule has 0 fully saturated rings. The Kier molecular flexibility index (Phi) is 5.47. The van der Waals surface area contributed by atoms with Crippen molar-refractivity contribution in [2.75, 3.05) is 5.32 Å². The Morgan fingerprint density at radius 2 is 1.48 bits per heavy atom. The van der Waals surface area contributed by atoms with Gasteiger partial charge in [-0.3, -0.25) is 4.79 Å². The number of hydrogen-bond acceptors (Lipinski definition) is 2. The minimum atomic E-state index is -0.577. The molecule has 1 N–H and O–H groups in total. The van der Waals surface area contributed by atoms with Gasteiger partial charge in [0.05, 0.1) is 0 Å². The van der Waals surface area contributed by atoms with Gasteiger partial charge < -0.3 is 10.1 Å². The molecule has 1 amide bonds. The van der Waals surface area contributed by atoms with Crippen LogP contribution in [0.1, 0.15) is 18.1 Å². The molecule has 3 aromatic rings. The van der Waals surface area contributed by atoms with E-state index in [1.54, 1.807) is 6.92 Å². The molecule has 0 aliphatic heterocycles. The zero-order chi connectivity index (χ0) is 17.5. The maximum atomic E-state index is 12.5. The molecule has 3 rings (SSSR count). The quantitative estimate of drug-likeness (QED) is 0.712. The monoisotopic (exact) mass is 331 g/mol. The number of para-hydroxylation sites is 2. The largest absolute Gasteiger partial charge is 0.481 e. The van der Waals surface area contributed by atoms with Crippen LogP contribution in [0.2, 0.25) is 0 Å². The summed E-state index contributed by atoms with van der Waals surface area (Å²) in [5.74, 6) is 0.520. The third kappa shape index (κ3) is 4.70. The first-order chi connectivity index (χ1) is 12.2. The van der Waals surface area contributed by atoms with E-state index in [4.69, 9.17) is 4.74 Å². The van der Waals surface area contributed by atoms with Crippen molar-refractivity contribution in [1.82, 2.24) is 0 Å². The molecule has 0 bridgehead atoms. The van der Waals surface area contributed by atoms with Crippen molar-refractivity contribution in [3.05, 3.63) is 96.1 Å². The predicted octanol–water partition coefficient (Wildman–Crippen LogP) is 4.68. The SMILES string of the molecule is CC(Oc1ccccc1)C(=O)Nc1ccccc1Cc1ccccc1. The average Bonchev–Trinajstić information content (AvgIpc) is 2.65. The van der Waals surface area contributed by atoms with Crippen LogP contribution in [-0.2, 0) is 11.2 Å². The Morgan fingerprint density at radius 1 is 0.880 bits per heavy atom. The normalized spacial score (nSPS) is 11.6. The Labute approximate surface area is 148 Å². The van der Waals surface area contributed by atoms with Crippen molar-refractivity contribution in [3.63, 3.8) is 0 Å². The zero-order valence-corrected chi connectivity index (χ0v) is 14.2. The minimum Gasteiger partial charge on any atom is -0.481 e. The second-order valence-corrected chi connectivity index (χ2v) is 5.88. The van der Waals surface area contributed by atoms with Gasteiger partial charge in [-0.05, 0) is 42.7 Å². The summed E-state index contributed by atoms with van der Waals surface area (Å²) in [6.07, 6.45) is 0.192. The molecule has 3 aromatic carbocycles. The maximum absolute atomic E-state index is 12.5. The molecule has 0 spiro atoms. The van der Waals surface area contributed by atoms with Crippen LogP contribution in [-0.4, -0.2) is 12.0 Å². The molecule has 0 aliphatic carbocycles. The third-order valence-electron chi connectivity index (χ3n) is 3.94. The lowest BCUT2D eigenvalue weighted by molar-refractivity contribution is -0.122. The maximum Gasteiger partial charge on any atom is 0.265 e. The molecule has 0 aromatic heterocycles. The van der Waals surface area contributed by atoms with Crippen LogP contribution in [0, 0.1) is 0 Å². The predicted molar refractivity (Wildman–Crippen MR) is 101 cm³/mol. The van der Waals surface area contributed by atoms with Crippen molar-refractivity contribution >= 4 is 11.6 Å². The van der Waals surface area contributed by atoms with Gasteiger partial charge in [-0.2, -0.15) is 0 Å². The summed E-state index contributed by atoms with van der Waals surface area (Å²) in [4.78, 5) is 12.5. The fourth-order valence-electron chi connectivity index (χ4n) is 2.60. The van der Waals surface area contributed by atoms with Crippen molar-refractivity contribution in [3.8, 4) is 5.75 Å². The van der Waals surface area contributed by atoms with Crippen LogP contribution in [0.5, 0.6) is 5.75 Å². The van der Waals surface area contributed by atoms with Crippen LogP contribution < -0.4 is 10.1 Å². The second kappa shape index (κ2) is 8.15. The first-order valence-electron chi connectivity index (χ1n) is 8.37. The summed E-state index contributed by atoms with van der Waals surface area (Å²) in [6.45, 7) is 1.75. The van der Waals surface area contributed by atoms with Crippen LogP contribution in [0.4, 0.5) is 5.69 Å². The summed E-state index contributed by atoms with van der Waals surface area (Å²) in [5.41, 5.74) is 3.10. The molecule has 3 heteroatoms. The molecule has 0 heterocycles. The molecule has 0 radical (unpaired) electrons. The summed E-state index contributed by atoms with van der Waals surface area (Å²) in [5, 5.41) is 2.99. The van der Waals surface area contributed by atoms with E-state index >= 15 is 0 Å².